The van der Waals surface area contributed by atoms with E-state index >= 15 is 4.39 Å². The molecule has 4 aromatic heterocycles. The minimum atomic E-state index is -1.38. The third-order valence-corrected chi connectivity index (χ3v) is 8.13. The van der Waals surface area contributed by atoms with Crippen molar-refractivity contribution in [3.8, 4) is 11.1 Å². The van der Waals surface area contributed by atoms with E-state index in [0.29, 0.717) is 89.8 Å². The summed E-state index contributed by atoms with van der Waals surface area (Å²) in [6.07, 6.45) is 6.13. The largest absolute Gasteiger partial charge is 0.477 e. The normalized spacial score (nSPS) is 15.8. The van der Waals surface area contributed by atoms with Crippen molar-refractivity contribution in [1.29, 1.82) is 0 Å². The fourth-order valence-electron chi connectivity index (χ4n) is 6.12. The number of anilines is 3. The highest BCUT2D eigenvalue weighted by Gasteiger charge is 2.28. The molecule has 1 aromatic carbocycles. The van der Waals surface area contributed by atoms with Gasteiger partial charge in [0.1, 0.15) is 11.2 Å². The second-order valence-corrected chi connectivity index (χ2v) is 10.5. The Kier molecular flexibility index (Phi) is 6.19. The van der Waals surface area contributed by atoms with Crippen LogP contribution in [0.5, 0.6) is 0 Å². The van der Waals surface area contributed by atoms with E-state index in [1.807, 2.05) is 11.0 Å². The van der Waals surface area contributed by atoms with Crippen LogP contribution in [0.15, 0.2) is 35.5 Å². The van der Waals surface area contributed by atoms with Gasteiger partial charge in [-0.05, 0) is 18.9 Å². The number of hydrogen-bond acceptors (Lipinski definition) is 8. The number of hydrogen-bond donors (Lipinski definition) is 3. The maximum absolute atomic E-state index is 15.6. The summed E-state index contributed by atoms with van der Waals surface area (Å²) in [6, 6.07) is 3.00. The molecule has 5 aromatic rings. The molecule has 13 heteroatoms. The van der Waals surface area contributed by atoms with Crippen LogP contribution in [0.3, 0.4) is 0 Å². The summed E-state index contributed by atoms with van der Waals surface area (Å²) in [4.78, 5) is 41.6. The lowest BCUT2D eigenvalue weighted by molar-refractivity contribution is 0.0694. The summed E-state index contributed by atoms with van der Waals surface area (Å²) in [5.41, 5.74) is 2.79. The molecule has 0 unspecified atom stereocenters. The van der Waals surface area contributed by atoms with Gasteiger partial charge in [0.25, 0.3) is 5.56 Å². The molecule has 11 nitrogen and oxygen atoms in total. The number of aromatic amines is 1. The number of halogens is 2. The first-order chi connectivity index (χ1) is 20.4. The first-order valence-electron chi connectivity index (χ1n) is 13.7. The second-order valence-electron chi connectivity index (χ2n) is 10.5. The van der Waals surface area contributed by atoms with E-state index in [4.69, 9.17) is 4.74 Å². The minimum absolute atomic E-state index is 0.0896. The summed E-state index contributed by atoms with van der Waals surface area (Å²) in [5, 5.41) is 13.1. The van der Waals surface area contributed by atoms with E-state index in [0.717, 1.165) is 25.1 Å². The van der Waals surface area contributed by atoms with Gasteiger partial charge in [-0.15, -0.1) is 0 Å². The van der Waals surface area contributed by atoms with Crippen molar-refractivity contribution in [2.75, 3.05) is 61.6 Å². The first-order valence-corrected chi connectivity index (χ1v) is 13.7. The lowest BCUT2D eigenvalue weighted by atomic mass is 10.0. The number of fused-ring (bicyclic) bond motifs is 4. The number of ether oxygens (including phenoxy) is 1. The molecule has 0 spiro atoms. The van der Waals surface area contributed by atoms with Crippen molar-refractivity contribution in [2.45, 2.75) is 12.8 Å². The maximum Gasteiger partial charge on any atom is 0.342 e. The zero-order valence-corrected chi connectivity index (χ0v) is 22.7. The van der Waals surface area contributed by atoms with E-state index in [2.05, 4.69) is 25.2 Å². The van der Waals surface area contributed by atoms with Crippen molar-refractivity contribution in [3.63, 3.8) is 0 Å². The number of aromatic nitrogens is 4. The highest BCUT2D eigenvalue weighted by Crippen LogP contribution is 2.44. The number of carboxylic acids is 1. The summed E-state index contributed by atoms with van der Waals surface area (Å²) in [5.74, 6) is -3.34. The summed E-state index contributed by atoms with van der Waals surface area (Å²) in [6.45, 7) is 3.45. The molecule has 42 heavy (non-hydrogen) atoms. The average molecular weight is 576 g/mol. The Hall–Kier alpha value is -4.78. The standard InChI is InChI=1S/C29H27F2N7O4/c1-32-19-11-18(30)23(31)21-22-25(37-4-2-3-5-37)16(12-33-26(22)35-24(19)21)15-10-20(36-6-8-42-9-7-36)27-34-13-17(29(40)41)28(39)38(27)14-15/h10-14,32H,2-9H2,1H3,(H,33,35)(H,40,41). The zero-order chi connectivity index (χ0) is 29.1. The SMILES string of the molecule is CNc1cc(F)c(F)c2c1[nH]c1ncc(-c3cc(N4CCOCC4)c4ncc(C(=O)O)c(=O)n4c3)c(N3CCCC3)c12. The molecule has 2 saturated heterocycles. The summed E-state index contributed by atoms with van der Waals surface area (Å²) in [7, 11) is 1.64. The van der Waals surface area contributed by atoms with Crippen LogP contribution in [0, 0.1) is 11.6 Å². The Morgan fingerprint density at radius 2 is 1.81 bits per heavy atom. The van der Waals surface area contributed by atoms with Crippen LogP contribution in [-0.4, -0.2) is 76.9 Å². The summed E-state index contributed by atoms with van der Waals surface area (Å²) < 4.78 is 37.2. The molecule has 3 N–H and O–H groups in total. The van der Waals surface area contributed by atoms with E-state index in [1.165, 1.54) is 4.40 Å². The number of rotatable bonds is 5. The molecule has 7 rings (SSSR count). The molecule has 0 aliphatic carbocycles. The number of carbonyl (C=O) groups is 1. The van der Waals surface area contributed by atoms with E-state index < -0.39 is 28.7 Å². The quantitative estimate of drug-likeness (QED) is 0.286. The number of morpholine rings is 1. The van der Waals surface area contributed by atoms with Crippen molar-refractivity contribution < 1.29 is 23.4 Å². The van der Waals surface area contributed by atoms with Crippen LogP contribution in [0.2, 0.25) is 0 Å². The molecule has 6 heterocycles. The number of pyridine rings is 2. The van der Waals surface area contributed by atoms with Gasteiger partial charge in [0.05, 0.1) is 46.6 Å². The van der Waals surface area contributed by atoms with Crippen LogP contribution >= 0.6 is 0 Å². The fraction of sp³-hybridized carbons (Fsp3) is 0.310. The second kappa shape index (κ2) is 9.94. The van der Waals surface area contributed by atoms with Crippen LogP contribution in [0.1, 0.15) is 23.2 Å². The van der Waals surface area contributed by atoms with Gasteiger partial charge in [-0.25, -0.2) is 23.5 Å². The van der Waals surface area contributed by atoms with Crippen LogP contribution in [0.25, 0.3) is 38.7 Å². The fourth-order valence-corrected chi connectivity index (χ4v) is 6.12. The molecular weight excluding hydrogens is 548 g/mol. The van der Waals surface area contributed by atoms with Crippen LogP contribution in [-0.2, 0) is 4.74 Å². The number of H-pyrrole nitrogens is 1. The zero-order valence-electron chi connectivity index (χ0n) is 22.7. The predicted molar refractivity (Wildman–Crippen MR) is 155 cm³/mol. The van der Waals surface area contributed by atoms with Gasteiger partial charge in [0, 0.05) is 69.0 Å². The summed E-state index contributed by atoms with van der Waals surface area (Å²) >= 11 is 0. The van der Waals surface area contributed by atoms with Gasteiger partial charge in [0.2, 0.25) is 0 Å². The molecule has 0 bridgehead atoms. The number of nitrogens with one attached hydrogen (secondary N) is 2. The topological polar surface area (TPSA) is 128 Å². The predicted octanol–water partition coefficient (Wildman–Crippen LogP) is 3.85. The smallest absolute Gasteiger partial charge is 0.342 e. The van der Waals surface area contributed by atoms with Crippen LogP contribution < -0.4 is 20.7 Å². The number of carboxylic acid groups (broad SMARTS) is 1. The van der Waals surface area contributed by atoms with Gasteiger partial charge < -0.3 is 29.9 Å². The molecule has 0 radical (unpaired) electrons. The lowest BCUT2D eigenvalue weighted by Gasteiger charge is -2.30. The molecule has 2 aliphatic rings. The van der Waals surface area contributed by atoms with Gasteiger partial charge in [0.15, 0.2) is 17.3 Å². The van der Waals surface area contributed by atoms with Crippen LogP contribution in [0.4, 0.5) is 25.8 Å². The van der Waals surface area contributed by atoms with Crippen molar-refractivity contribution >= 4 is 50.6 Å². The van der Waals surface area contributed by atoms with E-state index in [1.54, 1.807) is 19.4 Å². The molecule has 0 amide bonds. The van der Waals surface area contributed by atoms with Gasteiger partial charge in [-0.1, -0.05) is 0 Å². The number of benzene rings is 1. The molecule has 2 fully saturated rings. The third-order valence-electron chi connectivity index (χ3n) is 8.13. The Bertz CT molecular complexity index is 1960. The monoisotopic (exact) mass is 575 g/mol. The van der Waals surface area contributed by atoms with Gasteiger partial charge in [-0.2, -0.15) is 0 Å². The maximum atomic E-state index is 15.6. The highest BCUT2D eigenvalue weighted by atomic mass is 19.2. The Labute approximate surface area is 237 Å². The van der Waals surface area contributed by atoms with Gasteiger partial charge >= 0.3 is 5.97 Å². The Morgan fingerprint density at radius 3 is 2.52 bits per heavy atom. The molecule has 0 atom stereocenters. The minimum Gasteiger partial charge on any atom is -0.477 e. The van der Waals surface area contributed by atoms with Gasteiger partial charge in [-0.3, -0.25) is 9.20 Å². The average Bonchev–Trinajstić information content (AvgIpc) is 3.67. The lowest BCUT2D eigenvalue weighted by Crippen LogP contribution is -2.37. The highest BCUT2D eigenvalue weighted by molar-refractivity contribution is 6.18. The number of nitrogens with zero attached hydrogens (tertiary/aromatic N) is 5. The Morgan fingerprint density at radius 1 is 1.05 bits per heavy atom. The molecule has 216 valence electrons. The van der Waals surface area contributed by atoms with Crippen molar-refractivity contribution in [3.05, 3.63) is 58.3 Å². The Balaban J connectivity index is 1.58. The van der Waals surface area contributed by atoms with Crippen molar-refractivity contribution in [2.24, 2.45) is 0 Å². The first kappa shape index (κ1) is 26.1. The van der Waals surface area contributed by atoms with Crippen molar-refractivity contribution in [1.82, 2.24) is 19.4 Å². The third kappa shape index (κ3) is 3.95. The molecule has 2 aliphatic heterocycles. The van der Waals surface area contributed by atoms with E-state index in [9.17, 15) is 19.1 Å². The number of aromatic carboxylic acids is 1. The molecule has 0 saturated carbocycles. The van der Waals surface area contributed by atoms with E-state index in [-0.39, 0.29) is 5.39 Å². The molecular formula is C29H27F2N7O4.